The van der Waals surface area contributed by atoms with Gasteiger partial charge < -0.3 is 4.74 Å². The summed E-state index contributed by atoms with van der Waals surface area (Å²) in [4.78, 5) is 13.9. The molecule has 0 unspecified atom stereocenters. The Morgan fingerprint density at radius 1 is 1.54 bits per heavy atom. The summed E-state index contributed by atoms with van der Waals surface area (Å²) in [5.74, 6) is 0.471. The van der Waals surface area contributed by atoms with Gasteiger partial charge in [-0.3, -0.25) is 4.79 Å². The number of carbonyl (C=O) groups excluding carboxylic acids is 1. The van der Waals surface area contributed by atoms with E-state index in [1.165, 1.54) is 12.3 Å². The van der Waals surface area contributed by atoms with E-state index in [-0.39, 0.29) is 19.0 Å². The molecule has 0 fully saturated rings. The molecule has 0 atom stereocenters. The van der Waals surface area contributed by atoms with Crippen molar-refractivity contribution in [3.63, 3.8) is 0 Å². The first-order valence-electron chi connectivity index (χ1n) is 3.47. The minimum Gasteiger partial charge on any atom is -0.489 e. The van der Waals surface area contributed by atoms with Crippen molar-refractivity contribution in [1.82, 2.24) is 4.98 Å². The summed E-state index contributed by atoms with van der Waals surface area (Å²) in [5.41, 5.74) is 0.336. The van der Waals surface area contributed by atoms with Crippen molar-refractivity contribution < 1.29 is 13.9 Å². The van der Waals surface area contributed by atoms with Crippen molar-refractivity contribution in [2.24, 2.45) is 0 Å². The molecule has 0 aliphatic rings. The van der Waals surface area contributed by atoms with Gasteiger partial charge >= 0.3 is 0 Å². The summed E-state index contributed by atoms with van der Waals surface area (Å²) in [6.45, 7) is -0.516. The van der Waals surface area contributed by atoms with E-state index >= 15 is 0 Å². The van der Waals surface area contributed by atoms with E-state index in [9.17, 15) is 9.18 Å². The molecule has 72 valence electrons. The number of hydrogen-bond donors (Lipinski definition) is 0. The minimum atomic E-state index is -0.532. The predicted octanol–water partition coefficient (Wildman–Crippen LogP) is 1.66. The molecule has 0 bridgehead atoms. The number of ether oxygens (including phenoxy) is 1. The topological polar surface area (TPSA) is 39.2 Å². The van der Waals surface area contributed by atoms with E-state index in [2.05, 4.69) is 4.98 Å². The quantitative estimate of drug-likeness (QED) is 0.702. The zero-order valence-corrected chi connectivity index (χ0v) is 7.59. The molecule has 0 saturated heterocycles. The van der Waals surface area contributed by atoms with Crippen molar-refractivity contribution >= 4 is 18.7 Å². The Morgan fingerprint density at radius 3 is 2.77 bits per heavy atom. The number of rotatable bonds is 4. The van der Waals surface area contributed by atoms with Crippen LogP contribution in [0.5, 0.6) is 5.75 Å². The number of alkyl halides is 1. The Kier molecular flexibility index (Phi) is 5.80. The molecule has 0 radical (unpaired) electrons. The Balaban J connectivity index is 0.00000144. The van der Waals surface area contributed by atoms with Gasteiger partial charge in [0.1, 0.15) is 24.7 Å². The number of pyridine rings is 1. The highest BCUT2D eigenvalue weighted by molar-refractivity contribution is 5.85. The summed E-state index contributed by atoms with van der Waals surface area (Å²) in [6, 6.07) is 3.09. The van der Waals surface area contributed by atoms with E-state index in [1.54, 1.807) is 6.07 Å². The summed E-state index contributed by atoms with van der Waals surface area (Å²) in [6.07, 6.45) is 2.03. The average molecular weight is 206 g/mol. The van der Waals surface area contributed by atoms with Crippen molar-refractivity contribution in [2.75, 3.05) is 13.3 Å². The van der Waals surface area contributed by atoms with Gasteiger partial charge in [-0.25, -0.2) is 9.37 Å². The molecule has 0 aliphatic carbocycles. The summed E-state index contributed by atoms with van der Waals surface area (Å²) in [7, 11) is 0. The Labute approximate surface area is 81.3 Å². The van der Waals surface area contributed by atoms with E-state index in [1.807, 2.05) is 0 Å². The lowest BCUT2D eigenvalue weighted by molar-refractivity contribution is 0.111. The Bertz CT molecular complexity index is 253. The van der Waals surface area contributed by atoms with Gasteiger partial charge in [-0.05, 0) is 12.1 Å². The smallest absolute Gasteiger partial charge is 0.168 e. The largest absolute Gasteiger partial charge is 0.489 e. The third kappa shape index (κ3) is 3.85. The van der Waals surface area contributed by atoms with Crippen LogP contribution in [0.15, 0.2) is 18.3 Å². The van der Waals surface area contributed by atoms with Crippen LogP contribution in [0.1, 0.15) is 10.5 Å². The van der Waals surface area contributed by atoms with Gasteiger partial charge in [0.05, 0.1) is 6.20 Å². The number of aromatic nitrogens is 1. The van der Waals surface area contributed by atoms with Crippen LogP contribution in [-0.2, 0) is 0 Å². The standard InChI is InChI=1S/C8H8FNO2.ClH/c9-3-4-12-8-2-1-7(6-11)10-5-8;/h1-2,5-6H,3-4H2;1H. The zero-order chi connectivity index (χ0) is 8.81. The van der Waals surface area contributed by atoms with Crippen LogP contribution in [0.2, 0.25) is 0 Å². The third-order valence-corrected chi connectivity index (χ3v) is 1.23. The molecule has 1 rings (SSSR count). The van der Waals surface area contributed by atoms with Crippen molar-refractivity contribution in [3.8, 4) is 5.75 Å². The lowest BCUT2D eigenvalue weighted by atomic mass is 10.4. The number of halogens is 2. The van der Waals surface area contributed by atoms with Gasteiger partial charge in [-0.2, -0.15) is 0 Å². The Hall–Kier alpha value is -1.16. The van der Waals surface area contributed by atoms with E-state index in [0.717, 1.165) is 0 Å². The highest BCUT2D eigenvalue weighted by atomic mass is 35.5. The van der Waals surface area contributed by atoms with Gasteiger partial charge in [0.25, 0.3) is 0 Å². The van der Waals surface area contributed by atoms with E-state index in [0.29, 0.717) is 17.7 Å². The maximum atomic E-state index is 11.6. The second kappa shape index (κ2) is 6.37. The van der Waals surface area contributed by atoms with Crippen molar-refractivity contribution in [3.05, 3.63) is 24.0 Å². The molecule has 0 amide bonds. The first-order valence-corrected chi connectivity index (χ1v) is 3.47. The molecule has 0 aromatic carbocycles. The number of carbonyl (C=O) groups is 1. The van der Waals surface area contributed by atoms with Crippen LogP contribution in [0, 0.1) is 0 Å². The maximum absolute atomic E-state index is 11.6. The van der Waals surface area contributed by atoms with Crippen LogP contribution in [0.25, 0.3) is 0 Å². The van der Waals surface area contributed by atoms with Crippen LogP contribution in [-0.4, -0.2) is 24.6 Å². The van der Waals surface area contributed by atoms with Gasteiger partial charge in [-0.15, -0.1) is 12.4 Å². The van der Waals surface area contributed by atoms with E-state index < -0.39 is 6.67 Å². The van der Waals surface area contributed by atoms with Gasteiger partial charge in [0.15, 0.2) is 6.29 Å². The summed E-state index contributed by atoms with van der Waals surface area (Å²) >= 11 is 0. The first kappa shape index (κ1) is 11.8. The van der Waals surface area contributed by atoms with Crippen LogP contribution >= 0.6 is 12.4 Å². The second-order valence-electron chi connectivity index (χ2n) is 2.07. The SMILES string of the molecule is Cl.O=Cc1ccc(OCCF)cn1. The second-order valence-corrected chi connectivity index (χ2v) is 2.07. The fraction of sp³-hybridized carbons (Fsp3) is 0.250. The molecule has 3 nitrogen and oxygen atoms in total. The fourth-order valence-corrected chi connectivity index (χ4v) is 0.703. The lowest BCUT2D eigenvalue weighted by Crippen LogP contribution is -1.99. The molecule has 13 heavy (non-hydrogen) atoms. The predicted molar refractivity (Wildman–Crippen MR) is 48.3 cm³/mol. The fourth-order valence-electron chi connectivity index (χ4n) is 0.703. The van der Waals surface area contributed by atoms with Crippen LogP contribution in [0.4, 0.5) is 4.39 Å². The highest BCUT2D eigenvalue weighted by Gasteiger charge is 1.94. The van der Waals surface area contributed by atoms with E-state index in [4.69, 9.17) is 4.74 Å². The molecular weight excluding hydrogens is 197 g/mol. The summed E-state index contributed by atoms with van der Waals surface area (Å²) < 4.78 is 16.5. The van der Waals surface area contributed by atoms with Crippen LogP contribution < -0.4 is 4.74 Å². The molecule has 1 aromatic rings. The number of nitrogens with zero attached hydrogens (tertiary/aromatic N) is 1. The highest BCUT2D eigenvalue weighted by Crippen LogP contribution is 2.07. The molecule has 0 N–H and O–H groups in total. The summed E-state index contributed by atoms with van der Waals surface area (Å²) in [5, 5.41) is 0. The van der Waals surface area contributed by atoms with Crippen molar-refractivity contribution in [1.29, 1.82) is 0 Å². The number of aldehydes is 1. The molecule has 0 spiro atoms. The monoisotopic (exact) mass is 205 g/mol. The first-order chi connectivity index (χ1) is 5.86. The molecule has 0 aliphatic heterocycles. The lowest BCUT2D eigenvalue weighted by Gasteiger charge is -2.01. The van der Waals surface area contributed by atoms with Crippen LogP contribution in [0.3, 0.4) is 0 Å². The maximum Gasteiger partial charge on any atom is 0.168 e. The molecule has 1 aromatic heterocycles. The van der Waals surface area contributed by atoms with Crippen molar-refractivity contribution in [2.45, 2.75) is 0 Å². The number of hydrogen-bond acceptors (Lipinski definition) is 3. The minimum absolute atomic E-state index is 0. The normalized spacial score (nSPS) is 8.69. The molecule has 5 heteroatoms. The van der Waals surface area contributed by atoms with Gasteiger partial charge in [0, 0.05) is 0 Å². The molecule has 0 saturated carbocycles. The Morgan fingerprint density at radius 2 is 2.31 bits per heavy atom. The third-order valence-electron chi connectivity index (χ3n) is 1.23. The molecular formula is C8H9ClFNO2. The van der Waals surface area contributed by atoms with Gasteiger partial charge in [-0.1, -0.05) is 0 Å². The zero-order valence-electron chi connectivity index (χ0n) is 6.77. The van der Waals surface area contributed by atoms with Gasteiger partial charge in [0.2, 0.25) is 0 Å². The average Bonchev–Trinajstić information content (AvgIpc) is 2.15. The molecule has 1 heterocycles.